The highest BCUT2D eigenvalue weighted by atomic mass is 15.1. The number of nitrogens with one attached hydrogen (secondary N) is 1. The summed E-state index contributed by atoms with van der Waals surface area (Å²) in [5.74, 6) is 0. The van der Waals surface area contributed by atoms with Gasteiger partial charge >= 0.3 is 0 Å². The summed E-state index contributed by atoms with van der Waals surface area (Å²) >= 11 is 0. The highest BCUT2D eigenvalue weighted by Crippen LogP contribution is 2.11. The van der Waals surface area contributed by atoms with Crippen LogP contribution in [0.1, 0.15) is 51.9 Å². The molecule has 1 rings (SSSR count). The normalized spacial score (nSPS) is 13.2. The lowest BCUT2D eigenvalue weighted by atomic mass is 10.1. The van der Waals surface area contributed by atoms with Crippen molar-refractivity contribution in [1.29, 1.82) is 0 Å². The van der Waals surface area contributed by atoms with Crippen molar-refractivity contribution < 1.29 is 0 Å². The van der Waals surface area contributed by atoms with Gasteiger partial charge in [0, 0.05) is 24.3 Å². The molecular formula is C17H31N3. The van der Waals surface area contributed by atoms with Crippen LogP contribution in [0, 0.1) is 6.92 Å². The lowest BCUT2D eigenvalue weighted by molar-refractivity contribution is 0.196. The van der Waals surface area contributed by atoms with Crippen LogP contribution in [0.15, 0.2) is 18.2 Å². The average Bonchev–Trinajstić information content (AvgIpc) is 2.40. The second-order valence-corrected chi connectivity index (χ2v) is 5.93. The van der Waals surface area contributed by atoms with Crippen molar-refractivity contribution in [2.45, 2.75) is 66.1 Å². The molecule has 0 radical (unpaired) electrons. The molecule has 1 heterocycles. The Balaban J connectivity index is 2.40. The average molecular weight is 277 g/mol. The summed E-state index contributed by atoms with van der Waals surface area (Å²) in [6.07, 6.45) is 2.47. The molecule has 1 aromatic heterocycles. The van der Waals surface area contributed by atoms with Crippen LogP contribution in [0.25, 0.3) is 0 Å². The summed E-state index contributed by atoms with van der Waals surface area (Å²) < 4.78 is 0. The lowest BCUT2D eigenvalue weighted by Gasteiger charge is -2.27. The minimum absolute atomic E-state index is 0.587. The van der Waals surface area contributed by atoms with Crippen LogP contribution < -0.4 is 5.32 Å². The molecule has 0 amide bonds. The Morgan fingerprint density at radius 3 is 2.60 bits per heavy atom. The van der Waals surface area contributed by atoms with E-state index in [0.29, 0.717) is 12.1 Å². The Morgan fingerprint density at radius 1 is 1.25 bits per heavy atom. The predicted molar refractivity (Wildman–Crippen MR) is 86.9 cm³/mol. The number of rotatable bonds is 9. The van der Waals surface area contributed by atoms with E-state index in [1.54, 1.807) is 0 Å². The van der Waals surface area contributed by atoms with Crippen LogP contribution in [0.4, 0.5) is 0 Å². The molecule has 0 aliphatic rings. The molecule has 3 nitrogen and oxygen atoms in total. The minimum Gasteiger partial charge on any atom is -0.315 e. The molecule has 0 bridgehead atoms. The number of hydrogen-bond donors (Lipinski definition) is 1. The third kappa shape index (κ3) is 6.49. The van der Waals surface area contributed by atoms with Gasteiger partial charge in [0.25, 0.3) is 0 Å². The lowest BCUT2D eigenvalue weighted by Crippen LogP contribution is -2.33. The van der Waals surface area contributed by atoms with Gasteiger partial charge in [-0.3, -0.25) is 9.88 Å². The van der Waals surface area contributed by atoms with Gasteiger partial charge in [-0.25, -0.2) is 0 Å². The Bertz CT molecular complexity index is 376. The number of hydrogen-bond acceptors (Lipinski definition) is 3. The minimum atomic E-state index is 0.587. The van der Waals surface area contributed by atoms with E-state index in [4.69, 9.17) is 0 Å². The maximum Gasteiger partial charge on any atom is 0.0547 e. The van der Waals surface area contributed by atoms with E-state index in [1.807, 2.05) is 0 Å². The van der Waals surface area contributed by atoms with Crippen LogP contribution in [0.3, 0.4) is 0 Å². The predicted octanol–water partition coefficient (Wildman–Crippen LogP) is 3.38. The second kappa shape index (κ2) is 9.09. The van der Waals surface area contributed by atoms with E-state index in [0.717, 1.165) is 25.3 Å². The van der Waals surface area contributed by atoms with Gasteiger partial charge in [0.15, 0.2) is 0 Å². The number of aromatic nitrogens is 1. The van der Waals surface area contributed by atoms with Gasteiger partial charge in [0.05, 0.1) is 5.69 Å². The molecule has 0 fully saturated rings. The second-order valence-electron chi connectivity index (χ2n) is 5.93. The quantitative estimate of drug-likeness (QED) is 0.701. The molecule has 20 heavy (non-hydrogen) atoms. The SMILES string of the molecule is CCN(Cc1cccc(C)n1)C(C)CCCNC(C)C. The fourth-order valence-electron chi connectivity index (χ4n) is 2.45. The van der Waals surface area contributed by atoms with E-state index in [9.17, 15) is 0 Å². The third-order valence-electron chi connectivity index (χ3n) is 3.69. The van der Waals surface area contributed by atoms with Crippen molar-refractivity contribution in [2.24, 2.45) is 0 Å². The highest BCUT2D eigenvalue weighted by molar-refractivity contribution is 5.09. The van der Waals surface area contributed by atoms with Crippen LogP contribution >= 0.6 is 0 Å². The van der Waals surface area contributed by atoms with E-state index in [1.165, 1.54) is 18.5 Å². The van der Waals surface area contributed by atoms with E-state index in [2.05, 4.69) is 68.0 Å². The first kappa shape index (κ1) is 17.1. The molecule has 3 heteroatoms. The Morgan fingerprint density at radius 2 is 2.00 bits per heavy atom. The maximum atomic E-state index is 4.61. The van der Waals surface area contributed by atoms with Crippen molar-refractivity contribution in [3.05, 3.63) is 29.6 Å². The van der Waals surface area contributed by atoms with Gasteiger partial charge in [0.1, 0.15) is 0 Å². The van der Waals surface area contributed by atoms with Crippen molar-refractivity contribution in [3.8, 4) is 0 Å². The summed E-state index contributed by atoms with van der Waals surface area (Å²) in [5.41, 5.74) is 2.28. The first-order valence-electron chi connectivity index (χ1n) is 7.93. The zero-order chi connectivity index (χ0) is 15.0. The van der Waals surface area contributed by atoms with Gasteiger partial charge < -0.3 is 5.32 Å². The third-order valence-corrected chi connectivity index (χ3v) is 3.69. The zero-order valence-electron chi connectivity index (χ0n) is 13.8. The van der Waals surface area contributed by atoms with Crippen molar-refractivity contribution in [2.75, 3.05) is 13.1 Å². The van der Waals surface area contributed by atoms with Crippen LogP contribution in [-0.2, 0) is 6.54 Å². The number of pyridine rings is 1. The van der Waals surface area contributed by atoms with Crippen LogP contribution in [0.5, 0.6) is 0 Å². The zero-order valence-corrected chi connectivity index (χ0v) is 13.8. The molecule has 0 aromatic carbocycles. The van der Waals surface area contributed by atoms with Crippen LogP contribution in [0.2, 0.25) is 0 Å². The fraction of sp³-hybridized carbons (Fsp3) is 0.706. The first-order valence-corrected chi connectivity index (χ1v) is 7.93. The molecule has 0 saturated carbocycles. The van der Waals surface area contributed by atoms with Crippen molar-refractivity contribution in [1.82, 2.24) is 15.2 Å². The summed E-state index contributed by atoms with van der Waals surface area (Å²) in [7, 11) is 0. The molecule has 114 valence electrons. The fourth-order valence-corrected chi connectivity index (χ4v) is 2.45. The maximum absolute atomic E-state index is 4.61. The smallest absolute Gasteiger partial charge is 0.0547 e. The standard InChI is InChI=1S/C17H31N3/c1-6-20(13-17-11-7-9-15(4)19-17)16(5)10-8-12-18-14(2)3/h7,9,11,14,16,18H,6,8,10,12-13H2,1-5H3. The van der Waals surface area contributed by atoms with E-state index >= 15 is 0 Å². The largest absolute Gasteiger partial charge is 0.315 e. The first-order chi connectivity index (χ1) is 9.52. The summed E-state index contributed by atoms with van der Waals surface area (Å²) in [4.78, 5) is 7.12. The Labute approximate surface area is 124 Å². The summed E-state index contributed by atoms with van der Waals surface area (Å²) in [5, 5.41) is 3.48. The number of aryl methyl sites for hydroxylation is 1. The van der Waals surface area contributed by atoms with Crippen molar-refractivity contribution >= 4 is 0 Å². The molecule has 0 spiro atoms. The van der Waals surface area contributed by atoms with E-state index < -0.39 is 0 Å². The summed E-state index contributed by atoms with van der Waals surface area (Å²) in [6.45, 7) is 14.2. The van der Waals surface area contributed by atoms with E-state index in [-0.39, 0.29) is 0 Å². The molecule has 0 aliphatic heterocycles. The Kier molecular flexibility index (Phi) is 7.78. The monoisotopic (exact) mass is 277 g/mol. The van der Waals surface area contributed by atoms with Gasteiger partial charge in [-0.05, 0) is 51.9 Å². The molecule has 0 aliphatic carbocycles. The molecule has 1 unspecified atom stereocenters. The van der Waals surface area contributed by atoms with Gasteiger partial charge in [-0.2, -0.15) is 0 Å². The number of nitrogens with zero attached hydrogens (tertiary/aromatic N) is 2. The van der Waals surface area contributed by atoms with Crippen molar-refractivity contribution in [3.63, 3.8) is 0 Å². The highest BCUT2D eigenvalue weighted by Gasteiger charge is 2.12. The van der Waals surface area contributed by atoms with Gasteiger partial charge in [-0.15, -0.1) is 0 Å². The molecule has 1 aromatic rings. The molecule has 0 saturated heterocycles. The van der Waals surface area contributed by atoms with Gasteiger partial charge in [0.2, 0.25) is 0 Å². The molecule has 1 N–H and O–H groups in total. The summed E-state index contributed by atoms with van der Waals surface area (Å²) in [6, 6.07) is 7.48. The molecular weight excluding hydrogens is 246 g/mol. The Hall–Kier alpha value is -0.930. The van der Waals surface area contributed by atoms with Gasteiger partial charge in [-0.1, -0.05) is 26.8 Å². The molecule has 1 atom stereocenters. The topological polar surface area (TPSA) is 28.2 Å². The van der Waals surface area contributed by atoms with Crippen LogP contribution in [-0.4, -0.2) is 35.1 Å².